The Morgan fingerprint density at radius 1 is 0.865 bits per heavy atom. The Hall–Kier alpha value is -4.40. The predicted molar refractivity (Wildman–Crippen MR) is 149 cm³/mol. The number of H-pyrrole nitrogens is 2. The summed E-state index contributed by atoms with van der Waals surface area (Å²) in [7, 11) is 3.94. The molecule has 1 saturated heterocycles. The Labute approximate surface area is 215 Å². The van der Waals surface area contributed by atoms with Gasteiger partial charge in [-0.1, -0.05) is 24.3 Å². The van der Waals surface area contributed by atoms with Gasteiger partial charge in [-0.05, 0) is 37.6 Å². The number of aromatic amines is 2. The lowest BCUT2D eigenvalue weighted by atomic mass is 10.1. The lowest BCUT2D eigenvalue weighted by Gasteiger charge is -2.25. The van der Waals surface area contributed by atoms with Crippen LogP contribution in [0.15, 0.2) is 59.4 Å². The molecular formula is C28H30N8O. The minimum atomic E-state index is -0.134. The van der Waals surface area contributed by atoms with E-state index in [1.807, 2.05) is 56.3 Å². The molecule has 2 N–H and O–H groups in total. The first-order chi connectivity index (χ1) is 18.0. The number of benzene rings is 1. The number of anilines is 3. The van der Waals surface area contributed by atoms with E-state index in [1.165, 1.54) is 0 Å². The van der Waals surface area contributed by atoms with E-state index in [0.29, 0.717) is 11.4 Å². The van der Waals surface area contributed by atoms with Gasteiger partial charge in [0.25, 0.3) is 5.56 Å². The number of nitrogens with one attached hydrogen (secondary N) is 2. The summed E-state index contributed by atoms with van der Waals surface area (Å²) >= 11 is 0. The summed E-state index contributed by atoms with van der Waals surface area (Å²) in [6, 6.07) is 18.0. The molecule has 1 aliphatic carbocycles. The molecule has 1 aromatic carbocycles. The molecule has 6 rings (SSSR count). The lowest BCUT2D eigenvalue weighted by Crippen LogP contribution is -2.31. The largest absolute Gasteiger partial charge is 0.370 e. The first-order valence-corrected chi connectivity index (χ1v) is 12.6. The van der Waals surface area contributed by atoms with E-state index in [4.69, 9.17) is 9.97 Å². The zero-order chi connectivity index (χ0) is 25.5. The standard InChI is InChI=1S/C28H30N8O/c1-18-16-24(33-28(29-18)34(2)3)36-13-7-12-35(14-15-36)19-10-11-22-23(17-19)31-26(30-22)25-20-8-5-4-6-9-21(20)32-27(25)37/h4-6,8-11,16-17H,7,12-15H2,1-3H3,(H,30,31)(H,32,37). The molecule has 0 unspecified atom stereocenters. The van der Waals surface area contributed by atoms with Crippen LogP contribution in [0.3, 0.4) is 0 Å². The number of hydrogen-bond acceptors (Lipinski definition) is 7. The van der Waals surface area contributed by atoms with Gasteiger partial charge < -0.3 is 24.7 Å². The third-order valence-corrected chi connectivity index (χ3v) is 6.90. The smallest absolute Gasteiger partial charge is 0.260 e. The van der Waals surface area contributed by atoms with Crippen molar-refractivity contribution in [2.75, 3.05) is 55.0 Å². The van der Waals surface area contributed by atoms with E-state index in [2.05, 4.69) is 49.0 Å². The van der Waals surface area contributed by atoms with Crippen LogP contribution in [0.1, 0.15) is 12.1 Å². The van der Waals surface area contributed by atoms with Gasteiger partial charge in [0.2, 0.25) is 5.95 Å². The summed E-state index contributed by atoms with van der Waals surface area (Å²) in [5.41, 5.74) is 5.97. The second kappa shape index (κ2) is 9.24. The van der Waals surface area contributed by atoms with Crippen LogP contribution in [-0.4, -0.2) is 65.2 Å². The predicted octanol–water partition coefficient (Wildman–Crippen LogP) is 3.90. The third-order valence-electron chi connectivity index (χ3n) is 6.90. The van der Waals surface area contributed by atoms with Crippen molar-refractivity contribution >= 4 is 28.5 Å². The van der Waals surface area contributed by atoms with Gasteiger partial charge in [0.1, 0.15) is 11.6 Å². The zero-order valence-corrected chi connectivity index (χ0v) is 21.3. The Bertz CT molecular complexity index is 1600. The Balaban J connectivity index is 1.26. The minimum Gasteiger partial charge on any atom is -0.370 e. The molecule has 0 spiro atoms. The molecule has 1 fully saturated rings. The highest BCUT2D eigenvalue weighted by Gasteiger charge is 2.21. The Morgan fingerprint density at radius 3 is 2.54 bits per heavy atom. The number of nitrogens with zero attached hydrogens (tertiary/aromatic N) is 6. The fourth-order valence-electron chi connectivity index (χ4n) is 5.03. The molecule has 9 heteroatoms. The van der Waals surface area contributed by atoms with Gasteiger partial charge in [-0.15, -0.1) is 0 Å². The van der Waals surface area contributed by atoms with Gasteiger partial charge in [0.15, 0.2) is 0 Å². The summed E-state index contributed by atoms with van der Waals surface area (Å²) in [4.78, 5) is 39.9. The van der Waals surface area contributed by atoms with E-state index < -0.39 is 0 Å². The Kier molecular flexibility index (Phi) is 5.75. The number of aryl methyl sites for hydroxylation is 1. The van der Waals surface area contributed by atoms with Crippen LogP contribution in [-0.2, 0) is 0 Å². The van der Waals surface area contributed by atoms with Crippen LogP contribution in [0.25, 0.3) is 33.7 Å². The maximum absolute atomic E-state index is 12.8. The van der Waals surface area contributed by atoms with Crippen LogP contribution in [0, 0.1) is 6.92 Å². The summed E-state index contributed by atoms with van der Waals surface area (Å²) in [5.74, 6) is 2.31. The van der Waals surface area contributed by atoms with E-state index in [1.54, 1.807) is 0 Å². The molecular weight excluding hydrogens is 464 g/mol. The van der Waals surface area contributed by atoms with Crippen LogP contribution in [0.2, 0.25) is 0 Å². The minimum absolute atomic E-state index is 0.134. The molecule has 9 nitrogen and oxygen atoms in total. The van der Waals surface area contributed by atoms with Crippen molar-refractivity contribution in [3.63, 3.8) is 0 Å². The summed E-state index contributed by atoms with van der Waals surface area (Å²) in [5, 5.41) is 0. The van der Waals surface area contributed by atoms with Crippen molar-refractivity contribution in [1.82, 2.24) is 24.9 Å². The van der Waals surface area contributed by atoms with Crippen molar-refractivity contribution in [2.45, 2.75) is 13.3 Å². The van der Waals surface area contributed by atoms with E-state index in [-0.39, 0.29) is 5.56 Å². The highest BCUT2D eigenvalue weighted by atomic mass is 16.1. The number of fused-ring (bicyclic) bond motifs is 2. The molecule has 188 valence electrons. The number of hydrogen-bond donors (Lipinski definition) is 2. The molecule has 0 saturated carbocycles. The van der Waals surface area contributed by atoms with E-state index in [0.717, 1.165) is 78.0 Å². The monoisotopic (exact) mass is 494 g/mol. The maximum atomic E-state index is 12.8. The maximum Gasteiger partial charge on any atom is 0.260 e. The fraction of sp³-hybridized carbons (Fsp3) is 0.286. The molecule has 4 heterocycles. The second-order valence-corrected chi connectivity index (χ2v) is 9.74. The molecule has 3 aliphatic rings. The van der Waals surface area contributed by atoms with Crippen molar-refractivity contribution in [3.8, 4) is 22.6 Å². The normalized spacial score (nSPS) is 14.4. The molecule has 3 aromatic rings. The van der Waals surface area contributed by atoms with E-state index >= 15 is 0 Å². The van der Waals surface area contributed by atoms with Crippen LogP contribution in [0.5, 0.6) is 0 Å². The molecule has 0 atom stereocenters. The van der Waals surface area contributed by atoms with Crippen LogP contribution >= 0.6 is 0 Å². The topological polar surface area (TPSA) is 97.0 Å². The Morgan fingerprint density at radius 2 is 1.68 bits per heavy atom. The summed E-state index contributed by atoms with van der Waals surface area (Å²) in [6.07, 6.45) is 1.02. The summed E-state index contributed by atoms with van der Waals surface area (Å²) in [6.45, 7) is 5.67. The number of imidazole rings is 1. The average molecular weight is 495 g/mol. The van der Waals surface area contributed by atoms with Gasteiger partial charge in [0.05, 0.1) is 16.6 Å². The van der Waals surface area contributed by atoms with Crippen molar-refractivity contribution in [3.05, 3.63) is 70.6 Å². The van der Waals surface area contributed by atoms with E-state index in [9.17, 15) is 4.79 Å². The molecule has 37 heavy (non-hydrogen) atoms. The van der Waals surface area contributed by atoms with Gasteiger partial charge in [0, 0.05) is 69.0 Å². The van der Waals surface area contributed by atoms with Crippen LogP contribution in [0.4, 0.5) is 17.5 Å². The number of aromatic nitrogens is 5. The van der Waals surface area contributed by atoms with Crippen molar-refractivity contribution in [2.24, 2.45) is 0 Å². The number of rotatable bonds is 4. The molecule has 2 aromatic heterocycles. The van der Waals surface area contributed by atoms with Crippen LogP contribution < -0.4 is 20.3 Å². The first kappa shape index (κ1) is 23.0. The molecule has 2 aliphatic heterocycles. The first-order valence-electron chi connectivity index (χ1n) is 12.6. The lowest BCUT2D eigenvalue weighted by molar-refractivity contribution is 0.792. The molecule has 0 amide bonds. The quantitative estimate of drug-likeness (QED) is 0.391. The highest BCUT2D eigenvalue weighted by molar-refractivity contribution is 5.87. The van der Waals surface area contributed by atoms with Gasteiger partial charge in [-0.3, -0.25) is 4.79 Å². The van der Waals surface area contributed by atoms with Crippen molar-refractivity contribution in [1.29, 1.82) is 0 Å². The van der Waals surface area contributed by atoms with Gasteiger partial charge >= 0.3 is 0 Å². The molecule has 0 radical (unpaired) electrons. The van der Waals surface area contributed by atoms with Gasteiger partial charge in [-0.2, -0.15) is 4.98 Å². The second-order valence-electron chi connectivity index (χ2n) is 9.74. The zero-order valence-electron chi connectivity index (χ0n) is 21.3. The SMILES string of the molecule is Cc1cc(N2CCCN(c3ccc4[nH]c(-c5c6cccccc-6[nH]c5=O)nc4c3)CC2)nc(N(C)C)n1. The average Bonchev–Trinajstić information content (AvgIpc) is 3.20. The highest BCUT2D eigenvalue weighted by Crippen LogP contribution is 2.30. The molecule has 0 bridgehead atoms. The third kappa shape index (κ3) is 4.37. The summed E-state index contributed by atoms with van der Waals surface area (Å²) < 4.78 is 0. The fourth-order valence-corrected chi connectivity index (χ4v) is 5.03. The van der Waals surface area contributed by atoms with Gasteiger partial charge in [-0.25, -0.2) is 9.97 Å². The van der Waals surface area contributed by atoms with Crippen molar-refractivity contribution < 1.29 is 0 Å².